The van der Waals surface area contributed by atoms with E-state index in [1.807, 2.05) is 42.6 Å². The third kappa shape index (κ3) is 7.28. The van der Waals surface area contributed by atoms with Crippen molar-refractivity contribution in [3.05, 3.63) is 54.2 Å². The Hall–Kier alpha value is -1.86. The summed E-state index contributed by atoms with van der Waals surface area (Å²) in [7, 11) is 0. The van der Waals surface area contributed by atoms with Gasteiger partial charge in [0, 0.05) is 44.6 Å². The van der Waals surface area contributed by atoms with E-state index in [0.717, 1.165) is 50.8 Å². The van der Waals surface area contributed by atoms with Crippen molar-refractivity contribution in [3.63, 3.8) is 0 Å². The van der Waals surface area contributed by atoms with Gasteiger partial charge in [0.15, 0.2) is 0 Å². The summed E-state index contributed by atoms with van der Waals surface area (Å²) in [6, 6.07) is 14.0. The highest BCUT2D eigenvalue weighted by Crippen LogP contribution is 2.13. The van der Waals surface area contributed by atoms with E-state index in [4.69, 9.17) is 0 Å². The number of hydrogen-bond donors (Lipinski definition) is 2. The summed E-state index contributed by atoms with van der Waals surface area (Å²) in [6.45, 7) is 7.77. The van der Waals surface area contributed by atoms with Crippen molar-refractivity contribution in [2.45, 2.75) is 13.5 Å². The van der Waals surface area contributed by atoms with Crippen LogP contribution in [0.1, 0.15) is 12.5 Å². The van der Waals surface area contributed by atoms with Crippen molar-refractivity contribution in [1.29, 1.82) is 0 Å². The first kappa shape index (κ1) is 24.2. The van der Waals surface area contributed by atoms with Crippen LogP contribution < -0.4 is 15.5 Å². The van der Waals surface area contributed by atoms with Crippen LogP contribution in [0.25, 0.3) is 0 Å². The lowest BCUT2D eigenvalue weighted by Crippen LogP contribution is -2.48. The molecule has 0 atom stereocenters. The first-order valence-corrected chi connectivity index (χ1v) is 9.22. The summed E-state index contributed by atoms with van der Waals surface area (Å²) in [5, 5.41) is 6.31. The topological polar surface area (TPSA) is 60.5 Å². The van der Waals surface area contributed by atoms with E-state index < -0.39 is 0 Å². The van der Waals surface area contributed by atoms with Crippen LogP contribution in [0.15, 0.2) is 48.7 Å². The highest BCUT2D eigenvalue weighted by atomic mass is 35.5. The van der Waals surface area contributed by atoms with Gasteiger partial charge in [-0.1, -0.05) is 25.1 Å². The molecule has 28 heavy (non-hydrogen) atoms. The molecule has 1 aliphatic heterocycles. The van der Waals surface area contributed by atoms with Crippen LogP contribution in [-0.4, -0.2) is 55.1 Å². The quantitative estimate of drug-likeness (QED) is 0.713. The Morgan fingerprint density at radius 2 is 1.86 bits per heavy atom. The Labute approximate surface area is 179 Å². The molecule has 1 saturated heterocycles. The third-order valence-electron chi connectivity index (χ3n) is 4.50. The monoisotopic (exact) mass is 425 g/mol. The maximum atomic E-state index is 12.4. The molecule has 0 bridgehead atoms. The molecule has 6 nitrogen and oxygen atoms in total. The number of aromatic nitrogens is 1. The van der Waals surface area contributed by atoms with Gasteiger partial charge in [0.25, 0.3) is 0 Å². The molecular weight excluding hydrogens is 397 g/mol. The van der Waals surface area contributed by atoms with E-state index in [2.05, 4.69) is 38.4 Å². The van der Waals surface area contributed by atoms with Gasteiger partial charge in [-0.25, -0.2) is 4.98 Å². The average molecular weight is 426 g/mol. The fraction of sp³-hybridized carbons (Fsp3) is 0.400. The zero-order valence-corrected chi connectivity index (χ0v) is 17.8. The Morgan fingerprint density at radius 3 is 2.54 bits per heavy atom. The first-order valence-electron chi connectivity index (χ1n) is 9.22. The normalized spacial score (nSPS) is 14.0. The number of carbonyl (C=O) groups is 1. The minimum Gasteiger partial charge on any atom is -0.354 e. The Kier molecular flexibility index (Phi) is 10.9. The molecule has 0 spiro atoms. The molecule has 8 heteroatoms. The maximum Gasteiger partial charge on any atom is 0.238 e. The largest absolute Gasteiger partial charge is 0.354 e. The zero-order valence-electron chi connectivity index (χ0n) is 16.1. The molecule has 3 rings (SSSR count). The van der Waals surface area contributed by atoms with Gasteiger partial charge in [0.05, 0.1) is 6.54 Å². The van der Waals surface area contributed by atoms with Gasteiger partial charge in [-0.05, 0) is 36.4 Å². The van der Waals surface area contributed by atoms with Crippen molar-refractivity contribution in [3.8, 4) is 0 Å². The number of nitrogens with one attached hydrogen (secondary N) is 2. The van der Waals surface area contributed by atoms with Crippen LogP contribution in [0.5, 0.6) is 0 Å². The molecule has 1 aromatic heterocycles. The molecule has 1 aromatic carbocycles. The number of hydrogen-bond acceptors (Lipinski definition) is 5. The van der Waals surface area contributed by atoms with Crippen molar-refractivity contribution >= 4 is 42.2 Å². The number of amides is 1. The lowest BCUT2D eigenvalue weighted by molar-refractivity contribution is -0.117. The van der Waals surface area contributed by atoms with Gasteiger partial charge in [-0.3, -0.25) is 9.69 Å². The van der Waals surface area contributed by atoms with E-state index in [-0.39, 0.29) is 30.7 Å². The van der Waals surface area contributed by atoms with E-state index in [1.54, 1.807) is 0 Å². The van der Waals surface area contributed by atoms with Crippen LogP contribution in [-0.2, 0) is 11.3 Å². The van der Waals surface area contributed by atoms with E-state index in [0.29, 0.717) is 6.54 Å². The Balaban J connectivity index is 0.00000196. The van der Waals surface area contributed by atoms with Crippen LogP contribution in [0.2, 0.25) is 0 Å². The molecule has 0 unspecified atom stereocenters. The van der Waals surface area contributed by atoms with Crippen LogP contribution in [0.3, 0.4) is 0 Å². The molecular formula is C20H29Cl2N5O. The third-order valence-corrected chi connectivity index (χ3v) is 4.50. The predicted molar refractivity (Wildman–Crippen MR) is 120 cm³/mol. The van der Waals surface area contributed by atoms with Crippen LogP contribution in [0, 0.1) is 0 Å². The standard InChI is InChI=1S/C20H27N5O.2ClH/c1-2-21-15-17-6-5-7-18(14-17)23-20(26)16-24-10-12-25(13-11-24)19-8-3-4-9-22-19;;/h3-9,14,21H,2,10-13,15-16H2,1H3,(H,23,26);2*1H. The number of rotatable bonds is 7. The lowest BCUT2D eigenvalue weighted by Gasteiger charge is -2.34. The smallest absolute Gasteiger partial charge is 0.238 e. The summed E-state index contributed by atoms with van der Waals surface area (Å²) in [6.07, 6.45) is 1.82. The van der Waals surface area contributed by atoms with Gasteiger partial charge in [0.2, 0.25) is 5.91 Å². The Bertz CT molecular complexity index is 709. The second-order valence-corrected chi connectivity index (χ2v) is 6.48. The van der Waals surface area contributed by atoms with Crippen LogP contribution in [0.4, 0.5) is 11.5 Å². The number of nitrogens with zero attached hydrogens (tertiary/aromatic N) is 3. The minimum atomic E-state index is 0. The van der Waals surface area contributed by atoms with Crippen molar-refractivity contribution < 1.29 is 4.79 Å². The molecule has 0 radical (unpaired) electrons. The Morgan fingerprint density at radius 1 is 1.07 bits per heavy atom. The average Bonchev–Trinajstić information content (AvgIpc) is 2.68. The molecule has 1 amide bonds. The predicted octanol–water partition coefficient (Wildman–Crippen LogP) is 2.80. The number of piperazine rings is 1. The van der Waals surface area contributed by atoms with E-state index in [1.165, 1.54) is 5.56 Å². The van der Waals surface area contributed by atoms with Crippen molar-refractivity contribution in [1.82, 2.24) is 15.2 Å². The number of pyridine rings is 1. The van der Waals surface area contributed by atoms with E-state index in [9.17, 15) is 4.79 Å². The number of benzene rings is 1. The lowest BCUT2D eigenvalue weighted by atomic mass is 10.2. The summed E-state index contributed by atoms with van der Waals surface area (Å²) in [4.78, 5) is 21.2. The summed E-state index contributed by atoms with van der Waals surface area (Å²) >= 11 is 0. The van der Waals surface area contributed by atoms with Crippen LogP contribution >= 0.6 is 24.8 Å². The number of halogens is 2. The van der Waals surface area contributed by atoms with Gasteiger partial charge in [0.1, 0.15) is 5.82 Å². The molecule has 1 aliphatic rings. The molecule has 2 heterocycles. The van der Waals surface area contributed by atoms with Gasteiger partial charge in [-0.2, -0.15) is 0 Å². The summed E-state index contributed by atoms with van der Waals surface area (Å²) in [5.41, 5.74) is 2.03. The van der Waals surface area contributed by atoms with Crippen molar-refractivity contribution in [2.24, 2.45) is 0 Å². The molecule has 0 saturated carbocycles. The minimum absolute atomic E-state index is 0. The van der Waals surface area contributed by atoms with Crippen molar-refractivity contribution in [2.75, 3.05) is 49.5 Å². The molecule has 2 N–H and O–H groups in total. The highest BCUT2D eigenvalue weighted by molar-refractivity contribution is 5.92. The molecule has 0 aliphatic carbocycles. The van der Waals surface area contributed by atoms with Gasteiger partial charge < -0.3 is 15.5 Å². The second-order valence-electron chi connectivity index (χ2n) is 6.48. The first-order chi connectivity index (χ1) is 12.7. The zero-order chi connectivity index (χ0) is 18.2. The SMILES string of the molecule is CCNCc1cccc(NC(=O)CN2CCN(c3ccccn3)CC2)c1.Cl.Cl. The maximum absolute atomic E-state index is 12.4. The number of anilines is 2. The molecule has 1 fully saturated rings. The fourth-order valence-electron chi connectivity index (χ4n) is 3.11. The fourth-order valence-corrected chi connectivity index (χ4v) is 3.11. The van der Waals surface area contributed by atoms with Gasteiger partial charge in [-0.15, -0.1) is 24.8 Å². The van der Waals surface area contributed by atoms with Gasteiger partial charge >= 0.3 is 0 Å². The molecule has 2 aromatic rings. The second kappa shape index (κ2) is 12.6. The summed E-state index contributed by atoms with van der Waals surface area (Å²) < 4.78 is 0. The summed E-state index contributed by atoms with van der Waals surface area (Å²) in [5.74, 6) is 1.05. The molecule has 154 valence electrons. The number of carbonyl (C=O) groups excluding carboxylic acids is 1. The highest BCUT2D eigenvalue weighted by Gasteiger charge is 2.19. The van der Waals surface area contributed by atoms with E-state index >= 15 is 0 Å².